The van der Waals surface area contributed by atoms with Crippen LogP contribution < -0.4 is 16.6 Å². The van der Waals surface area contributed by atoms with E-state index in [1.165, 1.54) is 0 Å². The summed E-state index contributed by atoms with van der Waals surface area (Å²) >= 11 is 0. The van der Waals surface area contributed by atoms with Gasteiger partial charge in [0.2, 0.25) is 11.9 Å². The van der Waals surface area contributed by atoms with Crippen LogP contribution in [0.15, 0.2) is 9.52 Å². The Hall–Kier alpha value is -1.63. The van der Waals surface area contributed by atoms with Gasteiger partial charge in [0.25, 0.3) is 0 Å². The Kier molecular flexibility index (Phi) is 3.86. The van der Waals surface area contributed by atoms with Gasteiger partial charge in [-0.1, -0.05) is 5.16 Å². The van der Waals surface area contributed by atoms with E-state index < -0.39 is 0 Å². The van der Waals surface area contributed by atoms with Crippen molar-refractivity contribution < 1.29 is 4.52 Å². The SMILES string of the molecule is CCNC(=NCc1noc(C)n1)NN. The molecule has 0 bridgehead atoms. The van der Waals surface area contributed by atoms with Crippen LogP contribution in [0.5, 0.6) is 0 Å². The summed E-state index contributed by atoms with van der Waals surface area (Å²) in [6.45, 7) is 4.76. The Morgan fingerprint density at radius 3 is 2.93 bits per heavy atom. The normalized spacial score (nSPS) is 11.5. The fourth-order valence-corrected chi connectivity index (χ4v) is 0.875. The number of rotatable bonds is 3. The molecular formula is C7H14N6O. The van der Waals surface area contributed by atoms with E-state index in [9.17, 15) is 0 Å². The third kappa shape index (κ3) is 3.02. The van der Waals surface area contributed by atoms with E-state index in [0.717, 1.165) is 6.54 Å². The van der Waals surface area contributed by atoms with Crippen molar-refractivity contribution in [2.75, 3.05) is 6.54 Å². The van der Waals surface area contributed by atoms with Crippen LogP contribution in [0.1, 0.15) is 18.6 Å². The second-order valence-corrected chi connectivity index (χ2v) is 2.57. The van der Waals surface area contributed by atoms with Crippen molar-refractivity contribution in [2.24, 2.45) is 10.8 Å². The van der Waals surface area contributed by atoms with Crippen molar-refractivity contribution in [1.82, 2.24) is 20.9 Å². The van der Waals surface area contributed by atoms with E-state index in [4.69, 9.17) is 10.4 Å². The van der Waals surface area contributed by atoms with Crippen LogP contribution in [0.25, 0.3) is 0 Å². The Bertz CT molecular complexity index is 307. The van der Waals surface area contributed by atoms with Crippen LogP contribution >= 0.6 is 0 Å². The van der Waals surface area contributed by atoms with Crippen molar-refractivity contribution in [3.05, 3.63) is 11.7 Å². The summed E-state index contributed by atoms with van der Waals surface area (Å²) in [7, 11) is 0. The summed E-state index contributed by atoms with van der Waals surface area (Å²) in [4.78, 5) is 8.10. The zero-order valence-corrected chi connectivity index (χ0v) is 8.24. The van der Waals surface area contributed by atoms with Crippen LogP contribution in [0.4, 0.5) is 0 Å². The Morgan fingerprint density at radius 2 is 2.43 bits per heavy atom. The number of aromatic nitrogens is 2. The maximum Gasteiger partial charge on any atom is 0.223 e. The first-order valence-corrected chi connectivity index (χ1v) is 4.30. The van der Waals surface area contributed by atoms with E-state index in [2.05, 4.69) is 25.9 Å². The molecule has 0 saturated carbocycles. The van der Waals surface area contributed by atoms with Crippen molar-refractivity contribution in [2.45, 2.75) is 20.4 Å². The highest BCUT2D eigenvalue weighted by Crippen LogP contribution is 1.95. The summed E-state index contributed by atoms with van der Waals surface area (Å²) in [5.41, 5.74) is 2.43. The number of nitrogens with one attached hydrogen (secondary N) is 2. The van der Waals surface area contributed by atoms with Crippen LogP contribution in [0.3, 0.4) is 0 Å². The fraction of sp³-hybridized carbons (Fsp3) is 0.571. The topological polar surface area (TPSA) is 101 Å². The molecule has 0 aliphatic heterocycles. The lowest BCUT2D eigenvalue weighted by Gasteiger charge is -2.04. The smallest absolute Gasteiger partial charge is 0.223 e. The molecule has 7 nitrogen and oxygen atoms in total. The third-order valence-corrected chi connectivity index (χ3v) is 1.43. The molecular weight excluding hydrogens is 184 g/mol. The van der Waals surface area contributed by atoms with E-state index in [-0.39, 0.29) is 0 Å². The predicted octanol–water partition coefficient (Wildman–Crippen LogP) is -0.693. The molecule has 0 saturated heterocycles. The number of guanidine groups is 1. The van der Waals surface area contributed by atoms with Gasteiger partial charge in [-0.3, -0.25) is 5.43 Å². The molecule has 0 aliphatic rings. The Labute approximate surface area is 81.7 Å². The maximum absolute atomic E-state index is 5.22. The quantitative estimate of drug-likeness (QED) is 0.257. The fourth-order valence-electron chi connectivity index (χ4n) is 0.875. The van der Waals surface area contributed by atoms with Gasteiger partial charge < -0.3 is 9.84 Å². The largest absolute Gasteiger partial charge is 0.356 e. The van der Waals surface area contributed by atoms with Crippen molar-refractivity contribution in [1.29, 1.82) is 0 Å². The van der Waals surface area contributed by atoms with Crippen molar-refractivity contribution in [3.8, 4) is 0 Å². The molecule has 0 aliphatic carbocycles. The standard InChI is InChI=1S/C7H14N6O/c1-3-9-7(12-8)10-4-6-11-5(2)14-13-6/h3-4,8H2,1-2H3,(H2,9,10,12). The summed E-state index contributed by atoms with van der Waals surface area (Å²) in [5.74, 6) is 6.79. The number of hydrazine groups is 1. The summed E-state index contributed by atoms with van der Waals surface area (Å²) in [6, 6.07) is 0. The molecule has 0 radical (unpaired) electrons. The lowest BCUT2D eigenvalue weighted by atomic mass is 10.6. The second-order valence-electron chi connectivity index (χ2n) is 2.57. The number of hydrogen-bond donors (Lipinski definition) is 3. The summed E-state index contributed by atoms with van der Waals surface area (Å²) in [5, 5.41) is 6.63. The summed E-state index contributed by atoms with van der Waals surface area (Å²) in [6.07, 6.45) is 0. The van der Waals surface area contributed by atoms with Gasteiger partial charge in [-0.25, -0.2) is 10.8 Å². The Morgan fingerprint density at radius 1 is 1.64 bits per heavy atom. The van der Waals surface area contributed by atoms with E-state index in [0.29, 0.717) is 24.2 Å². The zero-order chi connectivity index (χ0) is 10.4. The molecule has 1 aromatic heterocycles. The predicted molar refractivity (Wildman–Crippen MR) is 51.2 cm³/mol. The van der Waals surface area contributed by atoms with E-state index >= 15 is 0 Å². The molecule has 0 spiro atoms. The first-order chi connectivity index (χ1) is 6.76. The Balaban J connectivity index is 2.51. The first kappa shape index (κ1) is 10.5. The monoisotopic (exact) mass is 198 g/mol. The number of nitrogens with two attached hydrogens (primary N) is 1. The number of aryl methyl sites for hydroxylation is 1. The highest BCUT2D eigenvalue weighted by molar-refractivity contribution is 5.78. The average Bonchev–Trinajstić information content (AvgIpc) is 2.59. The molecule has 7 heteroatoms. The van der Waals surface area contributed by atoms with Crippen molar-refractivity contribution >= 4 is 5.96 Å². The molecule has 0 aromatic carbocycles. The molecule has 4 N–H and O–H groups in total. The highest BCUT2D eigenvalue weighted by atomic mass is 16.5. The van der Waals surface area contributed by atoms with Crippen LogP contribution in [-0.4, -0.2) is 22.6 Å². The molecule has 1 aromatic rings. The van der Waals surface area contributed by atoms with Gasteiger partial charge in [0.15, 0.2) is 5.82 Å². The van der Waals surface area contributed by atoms with Crippen LogP contribution in [0, 0.1) is 6.92 Å². The van der Waals surface area contributed by atoms with Gasteiger partial charge in [-0.15, -0.1) is 0 Å². The number of hydrogen-bond acceptors (Lipinski definition) is 5. The molecule has 0 amide bonds. The molecule has 78 valence electrons. The summed E-state index contributed by atoms with van der Waals surface area (Å²) < 4.78 is 4.79. The van der Waals surface area contributed by atoms with Gasteiger partial charge in [0.05, 0.1) is 0 Å². The highest BCUT2D eigenvalue weighted by Gasteiger charge is 2.00. The minimum Gasteiger partial charge on any atom is -0.356 e. The minimum atomic E-state index is 0.337. The van der Waals surface area contributed by atoms with Gasteiger partial charge in [0, 0.05) is 13.5 Å². The zero-order valence-electron chi connectivity index (χ0n) is 8.24. The van der Waals surface area contributed by atoms with Gasteiger partial charge in [-0.2, -0.15) is 4.98 Å². The molecule has 14 heavy (non-hydrogen) atoms. The van der Waals surface area contributed by atoms with E-state index in [1.807, 2.05) is 6.92 Å². The van der Waals surface area contributed by atoms with Crippen molar-refractivity contribution in [3.63, 3.8) is 0 Å². The van der Waals surface area contributed by atoms with Crippen LogP contribution in [-0.2, 0) is 6.54 Å². The minimum absolute atomic E-state index is 0.337. The maximum atomic E-state index is 5.22. The molecule has 0 fully saturated rings. The average molecular weight is 198 g/mol. The lowest BCUT2D eigenvalue weighted by molar-refractivity contribution is 0.387. The van der Waals surface area contributed by atoms with E-state index in [1.54, 1.807) is 6.92 Å². The molecule has 1 heterocycles. The third-order valence-electron chi connectivity index (χ3n) is 1.43. The lowest BCUT2D eigenvalue weighted by Crippen LogP contribution is -2.41. The molecule has 0 atom stereocenters. The first-order valence-electron chi connectivity index (χ1n) is 4.30. The van der Waals surface area contributed by atoms with Crippen LogP contribution in [0.2, 0.25) is 0 Å². The molecule has 1 rings (SSSR count). The second kappa shape index (κ2) is 5.18. The molecule has 0 unspecified atom stereocenters. The number of aliphatic imine (C=N–C) groups is 1. The van der Waals surface area contributed by atoms with Gasteiger partial charge >= 0.3 is 0 Å². The van der Waals surface area contributed by atoms with Gasteiger partial charge in [0.1, 0.15) is 6.54 Å². The number of nitrogens with zero attached hydrogens (tertiary/aromatic N) is 3. The van der Waals surface area contributed by atoms with Gasteiger partial charge in [-0.05, 0) is 6.92 Å².